The van der Waals surface area contributed by atoms with Crippen molar-refractivity contribution >= 4 is 17.2 Å². The normalized spacial score (nSPS) is 11.1. The molecule has 68 valence electrons. The van der Waals surface area contributed by atoms with E-state index in [1.807, 2.05) is 20.8 Å². The van der Waals surface area contributed by atoms with Gasteiger partial charge < -0.3 is 0 Å². The van der Waals surface area contributed by atoms with Crippen molar-refractivity contribution < 1.29 is 0 Å². The highest BCUT2D eigenvalue weighted by molar-refractivity contribution is 6.30. The molecule has 0 N–H and O–H groups in total. The van der Waals surface area contributed by atoms with Crippen LogP contribution in [0, 0.1) is 20.8 Å². The Balaban J connectivity index is 2.96. The van der Waals surface area contributed by atoms with Crippen molar-refractivity contribution in [3.8, 4) is 0 Å². The maximum atomic E-state index is 6.11. The lowest BCUT2D eigenvalue weighted by Crippen LogP contribution is -1.98. The van der Waals surface area contributed by atoms with E-state index in [0.717, 1.165) is 22.5 Å². The van der Waals surface area contributed by atoms with Crippen molar-refractivity contribution in [3.05, 3.63) is 28.2 Å². The Morgan fingerprint density at radius 2 is 2.00 bits per heavy atom. The number of aryl methyl sites for hydroxylation is 2. The monoisotopic (exact) mass is 195 g/mol. The zero-order valence-electron chi connectivity index (χ0n) is 7.80. The Hall–Kier alpha value is -1.09. The van der Waals surface area contributed by atoms with Crippen LogP contribution in [0.4, 0.5) is 0 Å². The fraction of sp³-hybridized carbons (Fsp3) is 0.333. The van der Waals surface area contributed by atoms with Crippen LogP contribution in [-0.2, 0) is 0 Å². The molecule has 0 aliphatic rings. The Morgan fingerprint density at radius 1 is 1.31 bits per heavy atom. The number of rotatable bonds is 0. The minimum atomic E-state index is 0.649. The van der Waals surface area contributed by atoms with Crippen LogP contribution in [-0.4, -0.2) is 14.6 Å². The second kappa shape index (κ2) is 2.70. The van der Waals surface area contributed by atoms with Gasteiger partial charge in [0.1, 0.15) is 5.15 Å². The predicted octanol–water partition coefficient (Wildman–Crippen LogP) is 2.31. The fourth-order valence-corrected chi connectivity index (χ4v) is 1.51. The molecule has 2 rings (SSSR count). The van der Waals surface area contributed by atoms with Gasteiger partial charge in [-0.05, 0) is 20.8 Å². The first-order valence-electron chi connectivity index (χ1n) is 4.08. The number of fused-ring (bicyclic) bond motifs is 1. The molecule has 2 aromatic heterocycles. The van der Waals surface area contributed by atoms with Crippen molar-refractivity contribution in [2.75, 3.05) is 0 Å². The molecule has 0 spiro atoms. The number of aromatic nitrogens is 3. The topological polar surface area (TPSA) is 30.2 Å². The second-order valence-electron chi connectivity index (χ2n) is 3.18. The summed E-state index contributed by atoms with van der Waals surface area (Å²) in [5.74, 6) is 0. The summed E-state index contributed by atoms with van der Waals surface area (Å²) in [6, 6.07) is 0. The van der Waals surface area contributed by atoms with Gasteiger partial charge in [-0.1, -0.05) is 11.6 Å². The third kappa shape index (κ3) is 1.11. The lowest BCUT2D eigenvalue weighted by Gasteiger charge is -2.04. The molecule has 0 unspecified atom stereocenters. The van der Waals surface area contributed by atoms with Gasteiger partial charge in [0.05, 0.1) is 6.20 Å². The third-order valence-corrected chi connectivity index (χ3v) is 2.68. The van der Waals surface area contributed by atoms with Crippen molar-refractivity contribution in [1.82, 2.24) is 14.6 Å². The van der Waals surface area contributed by atoms with Gasteiger partial charge in [-0.3, -0.25) is 0 Å². The quantitative estimate of drug-likeness (QED) is 0.604. The molecule has 0 radical (unpaired) electrons. The molecular formula is C9H10ClN3. The number of hydrogen-bond acceptors (Lipinski definition) is 2. The smallest absolute Gasteiger partial charge is 0.159 e. The molecule has 0 bridgehead atoms. The van der Waals surface area contributed by atoms with E-state index < -0.39 is 0 Å². The summed E-state index contributed by atoms with van der Waals surface area (Å²) in [7, 11) is 0. The first-order valence-corrected chi connectivity index (χ1v) is 4.46. The standard InChI is InChI=1S/C9H10ClN3/c1-5-4-11-13-8(10)6(2)7(3)12-9(5)13/h4H,1-3H3. The molecule has 0 aromatic carbocycles. The highest BCUT2D eigenvalue weighted by atomic mass is 35.5. The summed E-state index contributed by atoms with van der Waals surface area (Å²) in [4.78, 5) is 4.41. The number of nitrogens with zero attached hydrogens (tertiary/aromatic N) is 3. The van der Waals surface area contributed by atoms with E-state index >= 15 is 0 Å². The molecule has 0 atom stereocenters. The van der Waals surface area contributed by atoms with Crippen LogP contribution in [0.15, 0.2) is 6.20 Å². The van der Waals surface area contributed by atoms with Crippen LogP contribution in [0.2, 0.25) is 5.15 Å². The van der Waals surface area contributed by atoms with E-state index in [1.165, 1.54) is 0 Å². The molecule has 0 amide bonds. The van der Waals surface area contributed by atoms with Gasteiger partial charge in [-0.15, -0.1) is 0 Å². The molecule has 0 aliphatic carbocycles. The first-order chi connectivity index (χ1) is 6.11. The number of hydrogen-bond donors (Lipinski definition) is 0. The predicted molar refractivity (Wildman–Crippen MR) is 52.2 cm³/mol. The first kappa shape index (κ1) is 8.51. The Morgan fingerprint density at radius 3 is 2.69 bits per heavy atom. The van der Waals surface area contributed by atoms with Gasteiger partial charge in [0, 0.05) is 16.8 Å². The van der Waals surface area contributed by atoms with Crippen molar-refractivity contribution in [2.45, 2.75) is 20.8 Å². The molecule has 4 heteroatoms. The van der Waals surface area contributed by atoms with Crippen LogP contribution < -0.4 is 0 Å². The summed E-state index contributed by atoms with van der Waals surface area (Å²) in [5.41, 5.74) is 3.83. The van der Waals surface area contributed by atoms with Gasteiger partial charge in [-0.25, -0.2) is 9.50 Å². The molecule has 0 aliphatic heterocycles. The number of halogens is 1. The van der Waals surface area contributed by atoms with E-state index in [1.54, 1.807) is 10.7 Å². The van der Waals surface area contributed by atoms with E-state index in [2.05, 4.69) is 10.1 Å². The summed E-state index contributed by atoms with van der Waals surface area (Å²) >= 11 is 6.11. The fourth-order valence-electron chi connectivity index (χ4n) is 1.25. The van der Waals surface area contributed by atoms with Crippen LogP contribution in [0.3, 0.4) is 0 Å². The minimum Gasteiger partial charge on any atom is -0.233 e. The average molecular weight is 196 g/mol. The molecule has 0 saturated heterocycles. The molecule has 2 heterocycles. The second-order valence-corrected chi connectivity index (χ2v) is 3.53. The Bertz CT molecular complexity index is 473. The van der Waals surface area contributed by atoms with Crippen molar-refractivity contribution in [2.24, 2.45) is 0 Å². The summed E-state index contributed by atoms with van der Waals surface area (Å²) in [6.45, 7) is 5.87. The molecular weight excluding hydrogens is 186 g/mol. The lowest BCUT2D eigenvalue weighted by molar-refractivity contribution is 0.916. The van der Waals surface area contributed by atoms with Gasteiger partial charge in [0.25, 0.3) is 0 Å². The van der Waals surface area contributed by atoms with Crippen LogP contribution >= 0.6 is 11.6 Å². The van der Waals surface area contributed by atoms with E-state index in [9.17, 15) is 0 Å². The maximum Gasteiger partial charge on any atom is 0.159 e. The van der Waals surface area contributed by atoms with Gasteiger partial charge >= 0.3 is 0 Å². The minimum absolute atomic E-state index is 0.649. The van der Waals surface area contributed by atoms with Gasteiger partial charge in [0.15, 0.2) is 5.65 Å². The van der Waals surface area contributed by atoms with Crippen LogP contribution in [0.5, 0.6) is 0 Å². The Kier molecular flexibility index (Phi) is 1.77. The van der Waals surface area contributed by atoms with Crippen molar-refractivity contribution in [3.63, 3.8) is 0 Å². The molecule has 3 nitrogen and oxygen atoms in total. The van der Waals surface area contributed by atoms with Crippen LogP contribution in [0.25, 0.3) is 5.65 Å². The van der Waals surface area contributed by atoms with E-state index in [4.69, 9.17) is 11.6 Å². The van der Waals surface area contributed by atoms with Crippen LogP contribution in [0.1, 0.15) is 16.8 Å². The molecule has 2 aromatic rings. The zero-order chi connectivity index (χ0) is 9.59. The summed E-state index contributed by atoms with van der Waals surface area (Å²) < 4.78 is 1.67. The Labute approximate surface area is 81.4 Å². The lowest BCUT2D eigenvalue weighted by atomic mass is 10.3. The van der Waals surface area contributed by atoms with Crippen molar-refractivity contribution in [1.29, 1.82) is 0 Å². The highest BCUT2D eigenvalue weighted by Crippen LogP contribution is 2.19. The van der Waals surface area contributed by atoms with Gasteiger partial charge in [-0.2, -0.15) is 5.10 Å². The summed E-state index contributed by atoms with van der Waals surface area (Å²) in [5, 5.41) is 4.79. The zero-order valence-corrected chi connectivity index (χ0v) is 8.55. The average Bonchev–Trinajstić information content (AvgIpc) is 2.45. The molecule has 0 saturated carbocycles. The van der Waals surface area contributed by atoms with E-state index in [0.29, 0.717) is 5.15 Å². The largest absolute Gasteiger partial charge is 0.233 e. The van der Waals surface area contributed by atoms with Gasteiger partial charge in [0.2, 0.25) is 0 Å². The molecule has 13 heavy (non-hydrogen) atoms. The van der Waals surface area contributed by atoms with E-state index in [-0.39, 0.29) is 0 Å². The third-order valence-electron chi connectivity index (χ3n) is 2.23. The summed E-state index contributed by atoms with van der Waals surface area (Å²) in [6.07, 6.45) is 1.77. The maximum absolute atomic E-state index is 6.11. The SMILES string of the molecule is Cc1nc2c(C)cnn2c(Cl)c1C. The highest BCUT2D eigenvalue weighted by Gasteiger charge is 2.09. The molecule has 0 fully saturated rings.